The zero-order chi connectivity index (χ0) is 25.1. The van der Waals surface area contributed by atoms with Crippen LogP contribution in [0, 0.1) is 0 Å². The first-order valence-corrected chi connectivity index (χ1v) is 17.7. The summed E-state index contributed by atoms with van der Waals surface area (Å²) in [6.45, 7) is 17.8. The van der Waals surface area contributed by atoms with Gasteiger partial charge in [0.15, 0.2) is 0 Å². The molecule has 1 aliphatic carbocycles. The quantitative estimate of drug-likeness (QED) is 0.160. The molecule has 1 fully saturated rings. The van der Waals surface area contributed by atoms with E-state index in [0.29, 0.717) is 51.7 Å². The molecule has 8 nitrogen and oxygen atoms in total. The highest BCUT2D eigenvalue weighted by Gasteiger charge is 2.40. The van der Waals surface area contributed by atoms with Gasteiger partial charge in [-0.1, -0.05) is 12.8 Å². The van der Waals surface area contributed by atoms with Crippen molar-refractivity contribution in [2.24, 2.45) is 0 Å². The van der Waals surface area contributed by atoms with Crippen molar-refractivity contribution in [1.82, 2.24) is 10.6 Å². The molecule has 0 aromatic carbocycles. The minimum absolute atomic E-state index is 0.503. The minimum Gasteiger partial charge on any atom is -0.374 e. The summed E-state index contributed by atoms with van der Waals surface area (Å²) >= 11 is 0. The first-order valence-electron chi connectivity index (χ1n) is 13.8. The molecule has 10 heteroatoms. The largest absolute Gasteiger partial charge is 0.500 e. The van der Waals surface area contributed by atoms with Crippen molar-refractivity contribution < 1.29 is 26.6 Å². The summed E-state index contributed by atoms with van der Waals surface area (Å²) < 4.78 is 36.0. The molecule has 0 aliphatic heterocycles. The molecule has 1 saturated carbocycles. The topological polar surface area (TPSA) is 79.4 Å². The molecule has 1 rings (SSSR count). The standard InChI is InChI=1S/C24H54N2O6Si2/c1-7-27-33(28-8-2,29-9-3)21-15-19-25-23-17-13-14-18-24(23)26-20-16-22-34(30-10-4,31-11-5)32-12-6/h23-26H,7-22H2,1-6H3. The molecule has 2 unspecified atom stereocenters. The molecule has 0 bridgehead atoms. The Morgan fingerprint density at radius 2 is 0.824 bits per heavy atom. The van der Waals surface area contributed by atoms with Crippen LogP contribution in [0.3, 0.4) is 0 Å². The van der Waals surface area contributed by atoms with Gasteiger partial charge in [-0.15, -0.1) is 0 Å². The van der Waals surface area contributed by atoms with Crippen LogP contribution < -0.4 is 10.6 Å². The van der Waals surface area contributed by atoms with Crippen LogP contribution in [-0.2, 0) is 26.6 Å². The maximum Gasteiger partial charge on any atom is 0.500 e. The highest BCUT2D eigenvalue weighted by molar-refractivity contribution is 6.61. The average Bonchev–Trinajstić information content (AvgIpc) is 2.81. The Morgan fingerprint density at radius 1 is 0.529 bits per heavy atom. The lowest BCUT2D eigenvalue weighted by molar-refractivity contribution is 0.0697. The van der Waals surface area contributed by atoms with Crippen molar-refractivity contribution in [3.05, 3.63) is 0 Å². The summed E-state index contributed by atoms with van der Waals surface area (Å²) in [5.41, 5.74) is 0. The smallest absolute Gasteiger partial charge is 0.374 e. The Labute approximate surface area is 211 Å². The Kier molecular flexibility index (Phi) is 18.2. The van der Waals surface area contributed by atoms with E-state index in [9.17, 15) is 0 Å². The molecular weight excluding hydrogens is 468 g/mol. The lowest BCUT2D eigenvalue weighted by Crippen LogP contribution is -2.51. The monoisotopic (exact) mass is 522 g/mol. The molecule has 1 aliphatic rings. The van der Waals surface area contributed by atoms with E-state index in [1.165, 1.54) is 25.7 Å². The normalized spacial score (nSPS) is 19.6. The Hall–Kier alpha value is 0.114. The van der Waals surface area contributed by atoms with Crippen LogP contribution in [0.4, 0.5) is 0 Å². The second kappa shape index (κ2) is 19.3. The van der Waals surface area contributed by atoms with Crippen molar-refractivity contribution in [1.29, 1.82) is 0 Å². The van der Waals surface area contributed by atoms with Gasteiger partial charge in [-0.3, -0.25) is 0 Å². The summed E-state index contributed by atoms with van der Waals surface area (Å²) in [7, 11) is -5.10. The SMILES string of the molecule is CCO[Si](CCCNC1CCCCC1NCCC[Si](OCC)(OCC)OCC)(OCC)OCC. The van der Waals surface area contributed by atoms with Gasteiger partial charge < -0.3 is 37.2 Å². The number of nitrogens with one attached hydrogen (secondary N) is 2. The van der Waals surface area contributed by atoms with Gasteiger partial charge in [0.25, 0.3) is 0 Å². The molecule has 2 atom stereocenters. The van der Waals surface area contributed by atoms with E-state index >= 15 is 0 Å². The van der Waals surface area contributed by atoms with E-state index < -0.39 is 17.6 Å². The summed E-state index contributed by atoms with van der Waals surface area (Å²) in [5.74, 6) is 0. The second-order valence-corrected chi connectivity index (χ2v) is 14.0. The molecule has 0 heterocycles. The Balaban J connectivity index is 2.49. The van der Waals surface area contributed by atoms with Crippen molar-refractivity contribution >= 4 is 17.6 Å². The fraction of sp³-hybridized carbons (Fsp3) is 1.00. The highest BCUT2D eigenvalue weighted by Crippen LogP contribution is 2.22. The van der Waals surface area contributed by atoms with Crippen LogP contribution in [0.25, 0.3) is 0 Å². The Bertz CT molecular complexity index is 416. The van der Waals surface area contributed by atoms with E-state index in [4.69, 9.17) is 26.6 Å². The number of hydrogen-bond donors (Lipinski definition) is 2. The van der Waals surface area contributed by atoms with Crippen LogP contribution in [0.1, 0.15) is 80.1 Å². The van der Waals surface area contributed by atoms with Gasteiger partial charge in [-0.2, -0.15) is 0 Å². The van der Waals surface area contributed by atoms with Crippen LogP contribution in [0.15, 0.2) is 0 Å². The van der Waals surface area contributed by atoms with Gasteiger partial charge in [-0.25, -0.2) is 0 Å². The predicted octanol–water partition coefficient (Wildman–Crippen LogP) is 4.35. The molecule has 204 valence electrons. The second-order valence-electron chi connectivity index (χ2n) is 8.58. The first kappa shape index (κ1) is 32.1. The van der Waals surface area contributed by atoms with Gasteiger partial charge in [0.2, 0.25) is 0 Å². The van der Waals surface area contributed by atoms with E-state index in [-0.39, 0.29) is 0 Å². The van der Waals surface area contributed by atoms with Gasteiger partial charge in [-0.05, 0) is 80.3 Å². The average molecular weight is 523 g/mol. The molecule has 0 spiro atoms. The molecule has 0 aromatic heterocycles. The van der Waals surface area contributed by atoms with E-state index in [0.717, 1.165) is 38.0 Å². The fourth-order valence-corrected chi connectivity index (χ4v) is 10.0. The summed E-state index contributed by atoms with van der Waals surface area (Å²) in [4.78, 5) is 0. The molecule has 0 radical (unpaired) electrons. The third-order valence-electron chi connectivity index (χ3n) is 6.08. The van der Waals surface area contributed by atoms with Crippen molar-refractivity contribution in [3.63, 3.8) is 0 Å². The van der Waals surface area contributed by atoms with Crippen LogP contribution >= 0.6 is 0 Å². The fourth-order valence-electron chi connectivity index (χ4n) is 4.81. The van der Waals surface area contributed by atoms with Gasteiger partial charge >= 0.3 is 17.6 Å². The van der Waals surface area contributed by atoms with E-state index in [2.05, 4.69) is 10.6 Å². The van der Waals surface area contributed by atoms with Crippen LogP contribution in [0.2, 0.25) is 12.1 Å². The van der Waals surface area contributed by atoms with Gasteiger partial charge in [0, 0.05) is 63.8 Å². The van der Waals surface area contributed by atoms with Gasteiger partial charge in [0.1, 0.15) is 0 Å². The van der Waals surface area contributed by atoms with Gasteiger partial charge in [0.05, 0.1) is 0 Å². The maximum absolute atomic E-state index is 6.00. The molecule has 2 N–H and O–H groups in total. The molecule has 0 saturated heterocycles. The van der Waals surface area contributed by atoms with Crippen LogP contribution in [-0.4, -0.2) is 82.4 Å². The van der Waals surface area contributed by atoms with Crippen LogP contribution in [0.5, 0.6) is 0 Å². The summed E-state index contributed by atoms with van der Waals surface area (Å²) in [6, 6.07) is 2.73. The van der Waals surface area contributed by atoms with Crippen molar-refractivity contribution in [3.8, 4) is 0 Å². The van der Waals surface area contributed by atoms with E-state index in [1.54, 1.807) is 0 Å². The molecule has 34 heavy (non-hydrogen) atoms. The summed E-state index contributed by atoms with van der Waals surface area (Å²) in [6.07, 6.45) is 7.03. The number of hydrogen-bond acceptors (Lipinski definition) is 8. The lowest BCUT2D eigenvalue weighted by Gasteiger charge is -2.34. The number of rotatable bonds is 22. The zero-order valence-corrected chi connectivity index (χ0v) is 24.9. The van der Waals surface area contributed by atoms with Crippen molar-refractivity contribution in [2.75, 3.05) is 52.7 Å². The summed E-state index contributed by atoms with van der Waals surface area (Å²) in [5, 5.41) is 7.63. The lowest BCUT2D eigenvalue weighted by atomic mass is 9.90. The molecule has 0 amide bonds. The third kappa shape index (κ3) is 11.9. The zero-order valence-electron chi connectivity index (χ0n) is 22.9. The highest BCUT2D eigenvalue weighted by atomic mass is 28.4. The predicted molar refractivity (Wildman–Crippen MR) is 142 cm³/mol. The van der Waals surface area contributed by atoms with E-state index in [1.807, 2.05) is 41.5 Å². The maximum atomic E-state index is 6.00. The van der Waals surface area contributed by atoms with Crippen molar-refractivity contribution in [2.45, 2.75) is 104 Å². The minimum atomic E-state index is -2.55. The third-order valence-corrected chi connectivity index (χ3v) is 12.4. The first-order chi connectivity index (χ1) is 16.5. The molecule has 0 aromatic rings. The molecular formula is C24H54N2O6Si2. The Morgan fingerprint density at radius 3 is 1.09 bits per heavy atom.